The second-order valence-electron chi connectivity index (χ2n) is 5.09. The second-order valence-corrected chi connectivity index (χ2v) is 5.09. The molecule has 0 aromatic carbocycles. The summed E-state index contributed by atoms with van der Waals surface area (Å²) in [7, 11) is 0. The highest BCUT2D eigenvalue weighted by Gasteiger charge is 2.30. The maximum Gasteiger partial charge on any atom is 0.0619 e. The van der Waals surface area contributed by atoms with Crippen LogP contribution in [0.25, 0.3) is 0 Å². The largest absolute Gasteiger partial charge is 0.379 e. The van der Waals surface area contributed by atoms with Gasteiger partial charge in [0.15, 0.2) is 0 Å². The molecule has 1 N–H and O–H groups in total. The summed E-state index contributed by atoms with van der Waals surface area (Å²) in [6, 6.07) is 1.86. The molecule has 3 unspecified atom stereocenters. The van der Waals surface area contributed by atoms with Gasteiger partial charge in [0.1, 0.15) is 0 Å². The van der Waals surface area contributed by atoms with Gasteiger partial charge >= 0.3 is 0 Å². The van der Waals surface area contributed by atoms with Crippen LogP contribution in [-0.4, -0.2) is 49.3 Å². The average molecular weight is 242 g/mol. The standard InChI is InChI=1S/C14H30N2O/c1-5-8-13(15-7-3)14(6-2)16-9-10-17-11-12(16)4/h12-15H,5-11H2,1-4H3. The third kappa shape index (κ3) is 4.23. The van der Waals surface area contributed by atoms with Crippen LogP contribution in [0.4, 0.5) is 0 Å². The van der Waals surface area contributed by atoms with Crippen LogP contribution in [0.15, 0.2) is 0 Å². The lowest BCUT2D eigenvalue weighted by molar-refractivity contribution is -0.0312. The van der Waals surface area contributed by atoms with Crippen LogP contribution < -0.4 is 5.32 Å². The molecule has 0 bridgehead atoms. The van der Waals surface area contributed by atoms with E-state index in [1.54, 1.807) is 0 Å². The first-order valence-corrected chi connectivity index (χ1v) is 7.31. The van der Waals surface area contributed by atoms with Gasteiger partial charge in [-0.05, 0) is 26.3 Å². The predicted molar refractivity (Wildman–Crippen MR) is 73.4 cm³/mol. The zero-order valence-electron chi connectivity index (χ0n) is 12.0. The topological polar surface area (TPSA) is 24.5 Å². The molecule has 0 aromatic heterocycles. The first kappa shape index (κ1) is 14.9. The van der Waals surface area contributed by atoms with E-state index in [-0.39, 0.29) is 0 Å². The summed E-state index contributed by atoms with van der Waals surface area (Å²) in [5, 5.41) is 3.67. The zero-order chi connectivity index (χ0) is 12.7. The Bertz CT molecular complexity index is 193. The van der Waals surface area contributed by atoms with Gasteiger partial charge in [0, 0.05) is 24.7 Å². The minimum Gasteiger partial charge on any atom is -0.379 e. The van der Waals surface area contributed by atoms with E-state index >= 15 is 0 Å². The molecule has 1 saturated heterocycles. The number of likely N-dealkylation sites (N-methyl/N-ethyl adjacent to an activating group) is 1. The lowest BCUT2D eigenvalue weighted by Crippen LogP contribution is -2.56. The molecule has 1 aliphatic heterocycles. The summed E-state index contributed by atoms with van der Waals surface area (Å²) in [5.41, 5.74) is 0. The van der Waals surface area contributed by atoms with Gasteiger partial charge < -0.3 is 10.1 Å². The van der Waals surface area contributed by atoms with Crippen molar-refractivity contribution in [3.63, 3.8) is 0 Å². The Morgan fingerprint density at radius 2 is 2.12 bits per heavy atom. The Kier molecular flexibility index (Phi) is 7.09. The fraction of sp³-hybridized carbons (Fsp3) is 1.00. The lowest BCUT2D eigenvalue weighted by atomic mass is 9.97. The van der Waals surface area contributed by atoms with Crippen molar-refractivity contribution < 1.29 is 4.74 Å². The number of morpholine rings is 1. The van der Waals surface area contributed by atoms with Crippen molar-refractivity contribution in [1.29, 1.82) is 0 Å². The first-order valence-electron chi connectivity index (χ1n) is 7.31. The molecule has 1 heterocycles. The highest BCUT2D eigenvalue weighted by molar-refractivity contribution is 4.87. The van der Waals surface area contributed by atoms with Crippen LogP contribution >= 0.6 is 0 Å². The molecule has 0 saturated carbocycles. The van der Waals surface area contributed by atoms with Crippen LogP contribution in [0, 0.1) is 0 Å². The smallest absolute Gasteiger partial charge is 0.0619 e. The van der Waals surface area contributed by atoms with Gasteiger partial charge in [-0.2, -0.15) is 0 Å². The van der Waals surface area contributed by atoms with Gasteiger partial charge in [0.25, 0.3) is 0 Å². The van der Waals surface area contributed by atoms with E-state index in [4.69, 9.17) is 4.74 Å². The maximum absolute atomic E-state index is 5.54. The zero-order valence-corrected chi connectivity index (χ0v) is 12.0. The molecule has 0 aromatic rings. The summed E-state index contributed by atoms with van der Waals surface area (Å²) < 4.78 is 5.54. The number of hydrogen-bond acceptors (Lipinski definition) is 3. The third-order valence-corrected chi connectivity index (χ3v) is 3.79. The Morgan fingerprint density at radius 3 is 2.65 bits per heavy atom. The van der Waals surface area contributed by atoms with E-state index in [2.05, 4.69) is 37.9 Å². The molecule has 3 heteroatoms. The molecular formula is C14H30N2O. The van der Waals surface area contributed by atoms with Gasteiger partial charge in [-0.3, -0.25) is 4.90 Å². The summed E-state index contributed by atoms with van der Waals surface area (Å²) in [6.45, 7) is 13.0. The number of ether oxygens (including phenoxy) is 1. The summed E-state index contributed by atoms with van der Waals surface area (Å²) in [6.07, 6.45) is 3.76. The number of nitrogens with one attached hydrogen (secondary N) is 1. The lowest BCUT2D eigenvalue weighted by Gasteiger charge is -2.43. The molecule has 3 nitrogen and oxygen atoms in total. The molecule has 1 fully saturated rings. The van der Waals surface area contributed by atoms with Crippen LogP contribution in [0.1, 0.15) is 47.0 Å². The Hall–Kier alpha value is -0.120. The highest BCUT2D eigenvalue weighted by atomic mass is 16.5. The molecule has 0 aliphatic carbocycles. The molecular weight excluding hydrogens is 212 g/mol. The Labute approximate surface area is 107 Å². The quantitative estimate of drug-likeness (QED) is 0.741. The van der Waals surface area contributed by atoms with Crippen molar-refractivity contribution in [1.82, 2.24) is 10.2 Å². The second kappa shape index (κ2) is 8.06. The summed E-state index contributed by atoms with van der Waals surface area (Å²) in [5.74, 6) is 0. The molecule has 0 spiro atoms. The fourth-order valence-electron chi connectivity index (χ4n) is 2.99. The van der Waals surface area contributed by atoms with Crippen LogP contribution in [0.5, 0.6) is 0 Å². The van der Waals surface area contributed by atoms with Crippen molar-refractivity contribution in [2.45, 2.75) is 65.1 Å². The van der Waals surface area contributed by atoms with E-state index in [1.165, 1.54) is 19.3 Å². The van der Waals surface area contributed by atoms with Gasteiger partial charge in [-0.15, -0.1) is 0 Å². The van der Waals surface area contributed by atoms with Crippen molar-refractivity contribution >= 4 is 0 Å². The normalized spacial score (nSPS) is 25.8. The number of nitrogens with zero attached hydrogens (tertiary/aromatic N) is 1. The van der Waals surface area contributed by atoms with Gasteiger partial charge in [-0.1, -0.05) is 27.2 Å². The SMILES string of the molecule is CCCC(NCC)C(CC)N1CCOCC1C. The number of rotatable bonds is 7. The van der Waals surface area contributed by atoms with Gasteiger partial charge in [0.2, 0.25) is 0 Å². The Balaban J connectivity index is 2.64. The third-order valence-electron chi connectivity index (χ3n) is 3.79. The Morgan fingerprint density at radius 1 is 1.35 bits per heavy atom. The van der Waals surface area contributed by atoms with E-state index < -0.39 is 0 Å². The molecule has 1 aliphatic rings. The van der Waals surface area contributed by atoms with Crippen molar-refractivity contribution in [3.8, 4) is 0 Å². The molecule has 3 atom stereocenters. The maximum atomic E-state index is 5.54. The molecule has 0 radical (unpaired) electrons. The first-order chi connectivity index (χ1) is 8.24. The van der Waals surface area contributed by atoms with Crippen molar-refractivity contribution in [3.05, 3.63) is 0 Å². The van der Waals surface area contributed by atoms with Gasteiger partial charge in [0.05, 0.1) is 13.2 Å². The minimum absolute atomic E-state index is 0.562. The minimum atomic E-state index is 0.562. The van der Waals surface area contributed by atoms with Crippen LogP contribution in [0.2, 0.25) is 0 Å². The molecule has 1 rings (SSSR count). The van der Waals surface area contributed by atoms with Gasteiger partial charge in [-0.25, -0.2) is 0 Å². The summed E-state index contributed by atoms with van der Waals surface area (Å²) >= 11 is 0. The highest BCUT2D eigenvalue weighted by Crippen LogP contribution is 2.18. The summed E-state index contributed by atoms with van der Waals surface area (Å²) in [4.78, 5) is 2.65. The van der Waals surface area contributed by atoms with Crippen LogP contribution in [0.3, 0.4) is 0 Å². The molecule has 17 heavy (non-hydrogen) atoms. The molecule has 0 amide bonds. The van der Waals surface area contributed by atoms with E-state index in [0.717, 1.165) is 26.3 Å². The van der Waals surface area contributed by atoms with Crippen molar-refractivity contribution in [2.75, 3.05) is 26.3 Å². The van der Waals surface area contributed by atoms with Crippen LogP contribution in [-0.2, 0) is 4.74 Å². The molecule has 102 valence electrons. The van der Waals surface area contributed by atoms with Crippen molar-refractivity contribution in [2.24, 2.45) is 0 Å². The van der Waals surface area contributed by atoms with E-state index in [1.807, 2.05) is 0 Å². The predicted octanol–water partition coefficient (Wildman–Crippen LogP) is 2.26. The number of hydrogen-bond donors (Lipinski definition) is 1. The monoisotopic (exact) mass is 242 g/mol. The van der Waals surface area contributed by atoms with E-state index in [0.29, 0.717) is 18.1 Å². The average Bonchev–Trinajstić information content (AvgIpc) is 2.33. The van der Waals surface area contributed by atoms with E-state index in [9.17, 15) is 0 Å². The fourth-order valence-corrected chi connectivity index (χ4v) is 2.99.